The van der Waals surface area contributed by atoms with Gasteiger partial charge in [-0.15, -0.1) is 0 Å². The number of alkyl halides is 3. The summed E-state index contributed by atoms with van der Waals surface area (Å²) in [5, 5.41) is 3.08. The molecule has 1 aromatic carbocycles. The van der Waals surface area contributed by atoms with Crippen molar-refractivity contribution in [3.05, 3.63) is 29.3 Å². The number of likely N-dealkylation sites (tertiary alicyclic amines) is 1. The van der Waals surface area contributed by atoms with E-state index < -0.39 is 11.7 Å². The van der Waals surface area contributed by atoms with E-state index in [4.69, 9.17) is 14.2 Å². The Morgan fingerprint density at radius 3 is 2.61 bits per heavy atom. The van der Waals surface area contributed by atoms with Crippen LogP contribution in [0.2, 0.25) is 0 Å². The zero-order chi connectivity index (χ0) is 22.3. The highest BCUT2D eigenvalue weighted by atomic mass is 19.4. The lowest BCUT2D eigenvalue weighted by atomic mass is 10.1. The molecule has 0 bridgehead atoms. The van der Waals surface area contributed by atoms with Gasteiger partial charge in [-0.3, -0.25) is 4.99 Å². The van der Waals surface area contributed by atoms with E-state index in [-0.39, 0.29) is 30.1 Å². The number of piperidine rings is 1. The van der Waals surface area contributed by atoms with E-state index in [0.717, 1.165) is 51.4 Å². The summed E-state index contributed by atoms with van der Waals surface area (Å²) in [6, 6.07) is 4.00. The molecule has 0 spiro atoms. The molecule has 2 heterocycles. The number of benzene rings is 1. The van der Waals surface area contributed by atoms with E-state index >= 15 is 0 Å². The van der Waals surface area contributed by atoms with Gasteiger partial charge in [0, 0.05) is 33.3 Å². The molecular formula is C22H32F3N3O3. The van der Waals surface area contributed by atoms with Gasteiger partial charge in [0.1, 0.15) is 5.75 Å². The molecule has 1 atom stereocenters. The molecule has 2 fully saturated rings. The smallest absolute Gasteiger partial charge is 0.416 e. The van der Waals surface area contributed by atoms with Crippen LogP contribution in [0.1, 0.15) is 43.2 Å². The third-order valence-electron chi connectivity index (χ3n) is 5.80. The van der Waals surface area contributed by atoms with Gasteiger partial charge in [0.2, 0.25) is 0 Å². The maximum atomic E-state index is 13.4. The van der Waals surface area contributed by atoms with E-state index in [1.165, 1.54) is 25.7 Å². The van der Waals surface area contributed by atoms with Crippen molar-refractivity contribution in [2.75, 3.05) is 40.5 Å². The summed E-state index contributed by atoms with van der Waals surface area (Å²) in [5.41, 5.74) is -0.549. The van der Waals surface area contributed by atoms with Crippen LogP contribution in [0.3, 0.4) is 0 Å². The van der Waals surface area contributed by atoms with E-state index in [0.29, 0.717) is 12.6 Å². The second kappa shape index (κ2) is 11.0. The van der Waals surface area contributed by atoms with Gasteiger partial charge in [0.25, 0.3) is 0 Å². The number of guanidine groups is 1. The molecule has 2 saturated heterocycles. The Morgan fingerprint density at radius 1 is 1.23 bits per heavy atom. The predicted molar refractivity (Wildman–Crippen MR) is 112 cm³/mol. The molecule has 0 amide bonds. The molecule has 174 valence electrons. The fourth-order valence-corrected chi connectivity index (χ4v) is 4.02. The molecule has 3 rings (SSSR count). The Balaban J connectivity index is 1.50. The standard InChI is InChI=1S/C22H32F3N3O3/c1-26-21(27-14-16-6-7-18(29-2)13-20(16)22(23,24)25)28-10-8-17(9-11-28)31-15-19-5-3-4-12-30-19/h6-7,13,17,19H,3-5,8-12,14-15H2,1-2H3,(H,26,27). The molecule has 6 nitrogen and oxygen atoms in total. The van der Waals surface area contributed by atoms with Crippen LogP contribution < -0.4 is 10.1 Å². The molecule has 0 aromatic heterocycles. The number of ether oxygens (including phenoxy) is 3. The van der Waals surface area contributed by atoms with Crippen LogP contribution in [-0.4, -0.2) is 63.5 Å². The Morgan fingerprint density at radius 2 is 2.00 bits per heavy atom. The number of nitrogens with zero attached hydrogens (tertiary/aromatic N) is 2. The van der Waals surface area contributed by atoms with Crippen molar-refractivity contribution in [1.82, 2.24) is 10.2 Å². The van der Waals surface area contributed by atoms with Gasteiger partial charge in [0.15, 0.2) is 5.96 Å². The van der Waals surface area contributed by atoms with Crippen LogP contribution in [0.4, 0.5) is 13.2 Å². The summed E-state index contributed by atoms with van der Waals surface area (Å²) in [6.07, 6.45) is 1.01. The van der Waals surface area contributed by atoms with Gasteiger partial charge in [-0.1, -0.05) is 6.07 Å². The number of halogens is 3. The first-order valence-electron chi connectivity index (χ1n) is 10.8. The van der Waals surface area contributed by atoms with Crippen molar-refractivity contribution < 1.29 is 27.4 Å². The summed E-state index contributed by atoms with van der Waals surface area (Å²) in [5.74, 6) is 0.777. The Hall–Kier alpha value is -2.00. The molecule has 9 heteroatoms. The van der Waals surface area contributed by atoms with Crippen LogP contribution >= 0.6 is 0 Å². The van der Waals surface area contributed by atoms with E-state index in [2.05, 4.69) is 15.2 Å². The van der Waals surface area contributed by atoms with Gasteiger partial charge in [-0.25, -0.2) is 0 Å². The Bertz CT molecular complexity index is 728. The highest BCUT2D eigenvalue weighted by Crippen LogP contribution is 2.34. The molecule has 1 unspecified atom stereocenters. The van der Waals surface area contributed by atoms with Gasteiger partial charge in [0.05, 0.1) is 31.5 Å². The van der Waals surface area contributed by atoms with Crippen molar-refractivity contribution in [3.63, 3.8) is 0 Å². The number of methoxy groups -OCH3 is 1. The number of aliphatic imine (C=N–C) groups is 1. The summed E-state index contributed by atoms with van der Waals surface area (Å²) < 4.78 is 57.0. The third-order valence-corrected chi connectivity index (χ3v) is 5.80. The normalized spacial score (nSPS) is 21.3. The highest BCUT2D eigenvalue weighted by Gasteiger charge is 2.34. The fourth-order valence-electron chi connectivity index (χ4n) is 4.02. The quantitative estimate of drug-likeness (QED) is 0.535. The van der Waals surface area contributed by atoms with Crippen molar-refractivity contribution in [3.8, 4) is 5.75 Å². The van der Waals surface area contributed by atoms with Crippen molar-refractivity contribution in [2.24, 2.45) is 4.99 Å². The largest absolute Gasteiger partial charge is 0.497 e. The van der Waals surface area contributed by atoms with E-state index in [9.17, 15) is 13.2 Å². The molecule has 0 radical (unpaired) electrons. The molecule has 1 aromatic rings. The summed E-state index contributed by atoms with van der Waals surface area (Å²) >= 11 is 0. The van der Waals surface area contributed by atoms with Crippen molar-refractivity contribution >= 4 is 5.96 Å². The summed E-state index contributed by atoms with van der Waals surface area (Å²) in [7, 11) is 2.99. The lowest BCUT2D eigenvalue weighted by Crippen LogP contribution is -2.47. The van der Waals surface area contributed by atoms with Crippen LogP contribution in [0.5, 0.6) is 5.75 Å². The lowest BCUT2D eigenvalue weighted by molar-refractivity contribution is -0.138. The topological polar surface area (TPSA) is 55.3 Å². The van der Waals surface area contributed by atoms with Crippen LogP contribution in [0.15, 0.2) is 23.2 Å². The second-order valence-electron chi connectivity index (χ2n) is 7.93. The van der Waals surface area contributed by atoms with Gasteiger partial charge in [-0.2, -0.15) is 13.2 Å². The average Bonchev–Trinajstić information content (AvgIpc) is 2.79. The van der Waals surface area contributed by atoms with Crippen LogP contribution in [0, 0.1) is 0 Å². The van der Waals surface area contributed by atoms with E-state index in [1.54, 1.807) is 7.05 Å². The van der Waals surface area contributed by atoms with Crippen molar-refractivity contribution in [1.29, 1.82) is 0 Å². The van der Waals surface area contributed by atoms with Crippen LogP contribution in [-0.2, 0) is 22.2 Å². The number of nitrogens with one attached hydrogen (secondary N) is 1. The second-order valence-corrected chi connectivity index (χ2v) is 7.93. The molecule has 0 saturated carbocycles. The first kappa shape index (κ1) is 23.7. The minimum absolute atomic E-state index is 0.0287. The molecule has 0 aliphatic carbocycles. The lowest BCUT2D eigenvalue weighted by Gasteiger charge is -2.35. The SMILES string of the molecule is CN=C(NCc1ccc(OC)cc1C(F)(F)F)N1CCC(OCC2CCCCO2)CC1. The van der Waals surface area contributed by atoms with Gasteiger partial charge < -0.3 is 24.4 Å². The average molecular weight is 444 g/mol. The van der Waals surface area contributed by atoms with E-state index in [1.807, 2.05) is 0 Å². The monoisotopic (exact) mass is 443 g/mol. The molecule has 31 heavy (non-hydrogen) atoms. The van der Waals surface area contributed by atoms with Crippen LogP contribution in [0.25, 0.3) is 0 Å². The zero-order valence-electron chi connectivity index (χ0n) is 18.2. The van der Waals surface area contributed by atoms with Crippen molar-refractivity contribution in [2.45, 2.75) is 57.0 Å². The molecule has 2 aliphatic heterocycles. The highest BCUT2D eigenvalue weighted by molar-refractivity contribution is 5.80. The molecule has 2 aliphatic rings. The minimum atomic E-state index is -4.45. The third kappa shape index (κ3) is 6.74. The summed E-state index contributed by atoms with van der Waals surface area (Å²) in [6.45, 7) is 2.96. The maximum Gasteiger partial charge on any atom is 0.416 e. The number of rotatable bonds is 6. The fraction of sp³-hybridized carbons (Fsp3) is 0.682. The predicted octanol–water partition coefficient (Wildman–Crippen LogP) is 3.84. The molecular weight excluding hydrogens is 411 g/mol. The zero-order valence-corrected chi connectivity index (χ0v) is 18.2. The Kier molecular flexibility index (Phi) is 8.43. The first-order valence-corrected chi connectivity index (χ1v) is 10.8. The minimum Gasteiger partial charge on any atom is -0.497 e. The summed E-state index contributed by atoms with van der Waals surface area (Å²) in [4.78, 5) is 6.32. The molecule has 1 N–H and O–H groups in total. The Labute approximate surface area is 181 Å². The van der Waals surface area contributed by atoms with Gasteiger partial charge >= 0.3 is 6.18 Å². The first-order chi connectivity index (χ1) is 14.9. The van der Waals surface area contributed by atoms with Gasteiger partial charge in [-0.05, 0) is 49.8 Å². The number of hydrogen-bond donors (Lipinski definition) is 1. The maximum absolute atomic E-state index is 13.4. The number of hydrogen-bond acceptors (Lipinski definition) is 4.